The third kappa shape index (κ3) is 3.80. The Morgan fingerprint density at radius 3 is 2.83 bits per heavy atom. The molecule has 6 heteroatoms. The number of ketones is 1. The first-order chi connectivity index (χ1) is 11.7. The van der Waals surface area contributed by atoms with Crippen LogP contribution in [0.15, 0.2) is 29.4 Å². The van der Waals surface area contributed by atoms with Gasteiger partial charge in [0.15, 0.2) is 10.9 Å². The zero-order valence-electron chi connectivity index (χ0n) is 14.2. The van der Waals surface area contributed by atoms with E-state index < -0.39 is 0 Å². The predicted molar refractivity (Wildman–Crippen MR) is 94.9 cm³/mol. The molecular formula is C18H23N3O2S. The topological polar surface area (TPSA) is 57.0 Å². The van der Waals surface area contributed by atoms with Crippen molar-refractivity contribution < 1.29 is 9.53 Å². The lowest BCUT2D eigenvalue weighted by atomic mass is 9.95. The van der Waals surface area contributed by atoms with Gasteiger partial charge in [0.2, 0.25) is 0 Å². The minimum Gasteiger partial charge on any atom is -0.497 e. The summed E-state index contributed by atoms with van der Waals surface area (Å²) in [7, 11) is 1.60. The van der Waals surface area contributed by atoms with Crippen LogP contribution in [-0.2, 0) is 0 Å². The van der Waals surface area contributed by atoms with Crippen molar-refractivity contribution in [1.29, 1.82) is 0 Å². The van der Waals surface area contributed by atoms with Crippen LogP contribution in [0, 0.1) is 6.92 Å². The highest BCUT2D eigenvalue weighted by atomic mass is 32.2. The first kappa shape index (κ1) is 17.0. The van der Waals surface area contributed by atoms with Crippen molar-refractivity contribution in [3.8, 4) is 5.75 Å². The number of hydrogen-bond donors (Lipinski definition) is 0. The van der Waals surface area contributed by atoms with Gasteiger partial charge in [0, 0.05) is 11.6 Å². The molecule has 128 valence electrons. The minimum atomic E-state index is 0.0785. The normalized spacial score (nSPS) is 15.4. The Bertz CT molecular complexity index is 708. The van der Waals surface area contributed by atoms with Gasteiger partial charge in [-0.15, -0.1) is 10.2 Å². The van der Waals surface area contributed by atoms with Gasteiger partial charge < -0.3 is 9.30 Å². The van der Waals surface area contributed by atoms with Crippen LogP contribution in [0.3, 0.4) is 0 Å². The van der Waals surface area contributed by atoms with Crippen molar-refractivity contribution in [3.63, 3.8) is 0 Å². The molecule has 0 radical (unpaired) electrons. The molecule has 0 saturated heterocycles. The minimum absolute atomic E-state index is 0.0785. The van der Waals surface area contributed by atoms with Crippen molar-refractivity contribution in [2.24, 2.45) is 0 Å². The molecule has 0 amide bonds. The van der Waals surface area contributed by atoms with E-state index >= 15 is 0 Å². The smallest absolute Gasteiger partial charge is 0.191 e. The summed E-state index contributed by atoms with van der Waals surface area (Å²) in [5.41, 5.74) is 0.669. The quantitative estimate of drug-likeness (QED) is 0.583. The molecule has 5 nitrogen and oxygen atoms in total. The molecule has 2 aromatic rings. The fraction of sp³-hybridized carbons (Fsp3) is 0.500. The highest BCUT2D eigenvalue weighted by molar-refractivity contribution is 7.99. The Labute approximate surface area is 146 Å². The lowest BCUT2D eigenvalue weighted by molar-refractivity contribution is 0.102. The molecular weight excluding hydrogens is 322 g/mol. The number of rotatable bonds is 6. The number of aromatic nitrogens is 3. The van der Waals surface area contributed by atoms with E-state index in [0.29, 0.717) is 23.1 Å². The number of hydrogen-bond acceptors (Lipinski definition) is 5. The number of thioether (sulfide) groups is 1. The largest absolute Gasteiger partial charge is 0.497 e. The highest BCUT2D eigenvalue weighted by Crippen LogP contribution is 2.32. The van der Waals surface area contributed by atoms with Crippen molar-refractivity contribution in [2.45, 2.75) is 50.2 Å². The molecule has 0 atom stereocenters. The number of carbonyl (C=O) groups is 1. The van der Waals surface area contributed by atoms with Crippen LogP contribution in [-0.4, -0.2) is 33.4 Å². The molecule has 0 N–H and O–H groups in total. The Balaban J connectivity index is 1.69. The second kappa shape index (κ2) is 7.83. The summed E-state index contributed by atoms with van der Waals surface area (Å²) >= 11 is 1.48. The van der Waals surface area contributed by atoms with E-state index in [0.717, 1.165) is 11.0 Å². The Kier molecular flexibility index (Phi) is 5.56. The summed E-state index contributed by atoms with van der Waals surface area (Å²) in [6, 6.07) is 7.75. The molecule has 1 aromatic heterocycles. The van der Waals surface area contributed by atoms with E-state index in [-0.39, 0.29) is 5.78 Å². The number of ether oxygens (including phenoxy) is 1. The van der Waals surface area contributed by atoms with E-state index in [1.54, 1.807) is 13.2 Å². The maximum Gasteiger partial charge on any atom is 0.191 e. The first-order valence-electron chi connectivity index (χ1n) is 8.40. The average Bonchev–Trinajstić information content (AvgIpc) is 3.01. The molecule has 24 heavy (non-hydrogen) atoms. The summed E-state index contributed by atoms with van der Waals surface area (Å²) in [5.74, 6) is 2.08. The molecule has 0 aliphatic heterocycles. The molecule has 1 aliphatic rings. The maximum absolute atomic E-state index is 12.4. The number of nitrogens with zero attached hydrogens (tertiary/aromatic N) is 3. The van der Waals surface area contributed by atoms with Crippen LogP contribution in [0.2, 0.25) is 0 Å². The third-order valence-electron chi connectivity index (χ3n) is 4.50. The van der Waals surface area contributed by atoms with Crippen molar-refractivity contribution in [3.05, 3.63) is 35.7 Å². The van der Waals surface area contributed by atoms with Gasteiger partial charge in [-0.1, -0.05) is 43.2 Å². The number of benzene rings is 1. The summed E-state index contributed by atoms with van der Waals surface area (Å²) < 4.78 is 7.41. The molecule has 1 fully saturated rings. The summed E-state index contributed by atoms with van der Waals surface area (Å²) in [5, 5.41) is 9.38. The molecule has 1 aromatic carbocycles. The Morgan fingerprint density at radius 1 is 1.29 bits per heavy atom. The van der Waals surface area contributed by atoms with Crippen molar-refractivity contribution >= 4 is 17.5 Å². The number of methoxy groups -OCH3 is 1. The number of aryl methyl sites for hydroxylation is 1. The van der Waals surface area contributed by atoms with Crippen LogP contribution < -0.4 is 4.74 Å². The molecule has 0 spiro atoms. The summed E-state index contributed by atoms with van der Waals surface area (Å²) in [6.07, 6.45) is 6.19. The van der Waals surface area contributed by atoms with Gasteiger partial charge in [0.1, 0.15) is 11.6 Å². The summed E-state index contributed by atoms with van der Waals surface area (Å²) in [6.45, 7) is 2.00. The van der Waals surface area contributed by atoms with E-state index in [1.807, 2.05) is 25.1 Å². The molecule has 1 saturated carbocycles. The maximum atomic E-state index is 12.4. The second-order valence-corrected chi connectivity index (χ2v) is 7.08. The first-order valence-corrected chi connectivity index (χ1v) is 9.39. The lowest BCUT2D eigenvalue weighted by Crippen LogP contribution is -2.15. The van der Waals surface area contributed by atoms with E-state index in [2.05, 4.69) is 14.8 Å². The highest BCUT2D eigenvalue weighted by Gasteiger charge is 2.22. The van der Waals surface area contributed by atoms with E-state index in [4.69, 9.17) is 4.74 Å². The van der Waals surface area contributed by atoms with Gasteiger partial charge in [-0.2, -0.15) is 0 Å². The molecule has 1 aliphatic carbocycles. The summed E-state index contributed by atoms with van der Waals surface area (Å²) in [4.78, 5) is 12.4. The Hall–Kier alpha value is -1.82. The molecule has 0 unspecified atom stereocenters. The van der Waals surface area contributed by atoms with E-state index in [1.165, 1.54) is 43.9 Å². The SMILES string of the molecule is COc1cccc(C(=O)CSc2nnc(C)n2C2CCCCC2)c1. The van der Waals surface area contributed by atoms with Gasteiger partial charge in [0.05, 0.1) is 12.9 Å². The lowest BCUT2D eigenvalue weighted by Gasteiger charge is -2.24. The van der Waals surface area contributed by atoms with Crippen molar-refractivity contribution in [1.82, 2.24) is 14.8 Å². The van der Waals surface area contributed by atoms with Crippen LogP contribution in [0.5, 0.6) is 5.75 Å². The molecule has 1 heterocycles. The van der Waals surface area contributed by atoms with E-state index in [9.17, 15) is 4.79 Å². The fourth-order valence-corrected chi connectivity index (χ4v) is 4.16. The van der Waals surface area contributed by atoms with Gasteiger partial charge in [-0.05, 0) is 31.9 Å². The second-order valence-electron chi connectivity index (χ2n) is 6.14. The Morgan fingerprint density at radius 2 is 2.08 bits per heavy atom. The van der Waals surface area contributed by atoms with Crippen LogP contribution in [0.4, 0.5) is 0 Å². The average molecular weight is 345 g/mol. The third-order valence-corrected chi connectivity index (χ3v) is 5.44. The van der Waals surface area contributed by atoms with Gasteiger partial charge in [-0.25, -0.2) is 0 Å². The molecule has 3 rings (SSSR count). The van der Waals surface area contributed by atoms with Crippen LogP contribution in [0.1, 0.15) is 54.3 Å². The zero-order valence-corrected chi connectivity index (χ0v) is 15.0. The predicted octanol–water partition coefficient (Wildman–Crippen LogP) is 4.08. The van der Waals surface area contributed by atoms with Crippen molar-refractivity contribution in [2.75, 3.05) is 12.9 Å². The van der Waals surface area contributed by atoms with Gasteiger partial charge >= 0.3 is 0 Å². The monoisotopic (exact) mass is 345 g/mol. The van der Waals surface area contributed by atoms with Gasteiger partial charge in [0.25, 0.3) is 0 Å². The zero-order chi connectivity index (χ0) is 16.9. The van der Waals surface area contributed by atoms with Crippen LogP contribution >= 0.6 is 11.8 Å². The number of Topliss-reactive ketones (excluding diaryl/α,β-unsaturated/α-hetero) is 1. The number of carbonyl (C=O) groups excluding carboxylic acids is 1. The van der Waals surface area contributed by atoms with Gasteiger partial charge in [-0.3, -0.25) is 4.79 Å². The fourth-order valence-electron chi connectivity index (χ4n) is 3.22. The standard InChI is InChI=1S/C18H23N3O2S/c1-13-19-20-18(21(13)15-8-4-3-5-9-15)24-12-17(22)14-7-6-10-16(11-14)23-2/h6-7,10-11,15H,3-5,8-9,12H2,1-2H3. The molecule has 0 bridgehead atoms. The van der Waals surface area contributed by atoms with Crippen LogP contribution in [0.25, 0.3) is 0 Å².